The van der Waals surface area contributed by atoms with Crippen LogP contribution in [-0.4, -0.2) is 28.5 Å². The van der Waals surface area contributed by atoms with Crippen molar-refractivity contribution in [3.63, 3.8) is 0 Å². The molecule has 0 radical (unpaired) electrons. The van der Waals surface area contributed by atoms with Gasteiger partial charge in [0.1, 0.15) is 5.82 Å². The molecule has 0 unspecified atom stereocenters. The van der Waals surface area contributed by atoms with E-state index in [1.54, 1.807) is 37.3 Å². The Hall–Kier alpha value is -3.56. The van der Waals surface area contributed by atoms with E-state index in [1.807, 2.05) is 0 Å². The first-order chi connectivity index (χ1) is 16.8. The first-order valence-corrected chi connectivity index (χ1v) is 10.9. The van der Waals surface area contributed by atoms with Crippen LogP contribution in [0.1, 0.15) is 23.1 Å². The van der Waals surface area contributed by atoms with Crippen molar-refractivity contribution in [3.8, 4) is 34.0 Å². The summed E-state index contributed by atoms with van der Waals surface area (Å²) in [4.78, 5) is 4.18. The molecule has 5 nitrogen and oxygen atoms in total. The Balaban J connectivity index is 1.62. The molecule has 0 atom stereocenters. The molecule has 0 saturated carbocycles. The zero-order valence-corrected chi connectivity index (χ0v) is 18.8. The second kappa shape index (κ2) is 10.4. The number of ether oxygens (including phenoxy) is 1. The molecule has 4 rings (SSSR count). The van der Waals surface area contributed by atoms with E-state index in [0.29, 0.717) is 29.7 Å². The predicted octanol–water partition coefficient (Wildman–Crippen LogP) is 6.44. The molecule has 0 aliphatic carbocycles. The highest BCUT2D eigenvalue weighted by atomic mass is 19.4. The van der Waals surface area contributed by atoms with E-state index in [0.717, 1.165) is 11.6 Å². The first-order valence-electron chi connectivity index (χ1n) is 10.9. The van der Waals surface area contributed by atoms with Crippen molar-refractivity contribution in [1.82, 2.24) is 10.1 Å². The topological polar surface area (TPSA) is 68.4 Å². The summed E-state index contributed by atoms with van der Waals surface area (Å²) in [5.74, 6) is -0.610. The van der Waals surface area contributed by atoms with Gasteiger partial charge in [-0.2, -0.15) is 18.2 Å². The molecule has 4 aromatic rings. The van der Waals surface area contributed by atoms with E-state index in [9.17, 15) is 17.6 Å². The number of aromatic nitrogens is 2. The van der Waals surface area contributed by atoms with E-state index < -0.39 is 17.6 Å². The molecule has 0 fully saturated rings. The largest absolute Gasteiger partial charge is 0.417 e. The molecule has 0 saturated heterocycles. The van der Waals surface area contributed by atoms with Gasteiger partial charge in [0.2, 0.25) is 5.82 Å². The molecule has 0 bridgehead atoms. The summed E-state index contributed by atoms with van der Waals surface area (Å²) in [6.45, 7) is 2.07. The summed E-state index contributed by atoms with van der Waals surface area (Å²) < 4.78 is 66.7. The average Bonchev–Trinajstić information content (AvgIpc) is 3.32. The van der Waals surface area contributed by atoms with Gasteiger partial charge in [-0.15, -0.1) is 0 Å². The van der Waals surface area contributed by atoms with Crippen LogP contribution in [-0.2, 0) is 17.5 Å². The normalized spacial score (nSPS) is 11.7. The van der Waals surface area contributed by atoms with Crippen LogP contribution in [0.15, 0.2) is 65.2 Å². The van der Waals surface area contributed by atoms with Gasteiger partial charge in [0.05, 0.1) is 12.2 Å². The van der Waals surface area contributed by atoms with Crippen molar-refractivity contribution in [2.24, 2.45) is 0 Å². The molecule has 0 amide bonds. The van der Waals surface area contributed by atoms with E-state index in [1.165, 1.54) is 24.3 Å². The monoisotopic (exact) mass is 486 g/mol. The molecule has 35 heavy (non-hydrogen) atoms. The number of halogens is 4. The third-order valence-electron chi connectivity index (χ3n) is 5.45. The minimum atomic E-state index is -4.60. The van der Waals surface area contributed by atoms with Crippen LogP contribution in [0.5, 0.6) is 0 Å². The van der Waals surface area contributed by atoms with E-state index in [4.69, 9.17) is 14.4 Å². The molecule has 0 spiro atoms. The average molecular weight is 486 g/mol. The van der Waals surface area contributed by atoms with E-state index in [-0.39, 0.29) is 36.1 Å². The van der Waals surface area contributed by atoms with Crippen molar-refractivity contribution < 1.29 is 31.9 Å². The molecule has 0 aliphatic rings. The minimum absolute atomic E-state index is 0.0132. The van der Waals surface area contributed by atoms with Crippen molar-refractivity contribution in [2.45, 2.75) is 26.1 Å². The summed E-state index contributed by atoms with van der Waals surface area (Å²) in [5, 5.41) is 12.6. The standard InChI is InChI=1S/C26H22F4N2O3/c1-16-5-2-3-6-20(16)21-10-9-18(13-22(21)26(28,29)30)25-31-24(32-35-25)17-7-8-19(23(27)14-17)15-34-12-4-11-33/h2-3,5-10,13-14,33H,4,11-12,15H2,1H3. The van der Waals surface area contributed by atoms with Gasteiger partial charge in [0, 0.05) is 29.9 Å². The molecule has 9 heteroatoms. The van der Waals surface area contributed by atoms with Crippen LogP contribution in [0.25, 0.3) is 34.0 Å². The molecular formula is C26H22F4N2O3. The Morgan fingerprint density at radius 1 is 0.971 bits per heavy atom. The predicted molar refractivity (Wildman–Crippen MR) is 122 cm³/mol. The van der Waals surface area contributed by atoms with Crippen LogP contribution in [0.2, 0.25) is 0 Å². The number of hydrogen-bond donors (Lipinski definition) is 1. The summed E-state index contributed by atoms with van der Waals surface area (Å²) >= 11 is 0. The maximum Gasteiger partial charge on any atom is 0.417 e. The van der Waals surface area contributed by atoms with Gasteiger partial charge in [-0.25, -0.2) is 4.39 Å². The van der Waals surface area contributed by atoms with E-state index >= 15 is 0 Å². The van der Waals surface area contributed by atoms with Crippen molar-refractivity contribution in [3.05, 3.63) is 83.2 Å². The molecule has 182 valence electrons. The lowest BCUT2D eigenvalue weighted by molar-refractivity contribution is -0.137. The number of alkyl halides is 3. The number of rotatable bonds is 8. The number of aliphatic hydroxyl groups excluding tert-OH is 1. The molecular weight excluding hydrogens is 464 g/mol. The molecule has 1 heterocycles. The second-order valence-electron chi connectivity index (χ2n) is 7.93. The Morgan fingerprint density at radius 3 is 2.46 bits per heavy atom. The van der Waals surface area contributed by atoms with Crippen LogP contribution < -0.4 is 0 Å². The summed E-state index contributed by atoms with van der Waals surface area (Å²) in [7, 11) is 0. The highest BCUT2D eigenvalue weighted by molar-refractivity contribution is 5.74. The highest BCUT2D eigenvalue weighted by Crippen LogP contribution is 2.40. The van der Waals surface area contributed by atoms with Crippen molar-refractivity contribution in [1.29, 1.82) is 0 Å². The quantitative estimate of drug-likeness (QED) is 0.229. The van der Waals surface area contributed by atoms with E-state index in [2.05, 4.69) is 10.1 Å². The fourth-order valence-electron chi connectivity index (χ4n) is 3.63. The number of aryl methyl sites for hydroxylation is 1. The third-order valence-corrected chi connectivity index (χ3v) is 5.45. The smallest absolute Gasteiger partial charge is 0.396 e. The van der Waals surface area contributed by atoms with Crippen LogP contribution in [0.3, 0.4) is 0 Å². The zero-order valence-electron chi connectivity index (χ0n) is 18.8. The third kappa shape index (κ3) is 5.58. The fraction of sp³-hybridized carbons (Fsp3) is 0.231. The summed E-state index contributed by atoms with van der Waals surface area (Å²) in [6.07, 6.45) is -4.15. The maximum atomic E-state index is 14.5. The van der Waals surface area contributed by atoms with Gasteiger partial charge >= 0.3 is 6.18 Å². The Bertz CT molecular complexity index is 1320. The van der Waals surface area contributed by atoms with Gasteiger partial charge in [0.15, 0.2) is 0 Å². The Morgan fingerprint density at radius 2 is 1.74 bits per heavy atom. The minimum Gasteiger partial charge on any atom is -0.396 e. The SMILES string of the molecule is Cc1ccccc1-c1ccc(-c2nc(-c3ccc(COCCCO)c(F)c3)no2)cc1C(F)(F)F. The summed E-state index contributed by atoms with van der Waals surface area (Å²) in [6, 6.07) is 15.0. The Kier molecular flexibility index (Phi) is 7.28. The van der Waals surface area contributed by atoms with Crippen LogP contribution in [0, 0.1) is 12.7 Å². The van der Waals surface area contributed by atoms with Gasteiger partial charge in [0.25, 0.3) is 5.89 Å². The Labute approximate surface area is 199 Å². The first kappa shape index (κ1) is 24.6. The maximum absolute atomic E-state index is 14.5. The lowest BCUT2D eigenvalue weighted by atomic mass is 9.94. The van der Waals surface area contributed by atoms with Crippen molar-refractivity contribution >= 4 is 0 Å². The molecule has 1 aromatic heterocycles. The number of nitrogens with zero attached hydrogens (tertiary/aromatic N) is 2. The van der Waals surface area contributed by atoms with Gasteiger partial charge < -0.3 is 14.4 Å². The molecule has 0 aliphatic heterocycles. The zero-order chi connectivity index (χ0) is 25.0. The summed E-state index contributed by atoms with van der Waals surface area (Å²) in [5.41, 5.74) is 1.16. The number of hydrogen-bond acceptors (Lipinski definition) is 5. The molecule has 3 aromatic carbocycles. The lowest BCUT2D eigenvalue weighted by Crippen LogP contribution is -2.08. The van der Waals surface area contributed by atoms with Crippen LogP contribution >= 0.6 is 0 Å². The fourth-order valence-corrected chi connectivity index (χ4v) is 3.63. The van der Waals surface area contributed by atoms with Crippen molar-refractivity contribution in [2.75, 3.05) is 13.2 Å². The van der Waals surface area contributed by atoms with Crippen LogP contribution in [0.4, 0.5) is 17.6 Å². The van der Waals surface area contributed by atoms with Gasteiger partial charge in [-0.05, 0) is 48.2 Å². The molecule has 1 N–H and O–H groups in total. The number of benzene rings is 3. The lowest BCUT2D eigenvalue weighted by Gasteiger charge is -2.15. The van der Waals surface area contributed by atoms with Gasteiger partial charge in [-0.3, -0.25) is 0 Å². The number of aliphatic hydroxyl groups is 1. The second-order valence-corrected chi connectivity index (χ2v) is 7.93. The highest BCUT2D eigenvalue weighted by Gasteiger charge is 2.34. The van der Waals surface area contributed by atoms with Gasteiger partial charge in [-0.1, -0.05) is 47.6 Å².